The quantitative estimate of drug-likeness (QED) is 0.852. The van der Waals surface area contributed by atoms with Gasteiger partial charge in [-0.15, -0.1) is 11.3 Å². The third kappa shape index (κ3) is 3.30. The summed E-state index contributed by atoms with van der Waals surface area (Å²) in [5.41, 5.74) is -0.0380. The van der Waals surface area contributed by atoms with E-state index in [9.17, 15) is 9.18 Å². The Kier molecular flexibility index (Phi) is 4.78. The normalized spacial score (nSPS) is 15.7. The molecule has 0 saturated heterocycles. The minimum atomic E-state index is -0.395. The van der Waals surface area contributed by atoms with Crippen molar-refractivity contribution in [2.45, 2.75) is 31.1 Å². The van der Waals surface area contributed by atoms with Crippen molar-refractivity contribution in [1.29, 1.82) is 0 Å². The summed E-state index contributed by atoms with van der Waals surface area (Å²) in [6, 6.07) is 10.4. The van der Waals surface area contributed by atoms with Gasteiger partial charge in [0, 0.05) is 4.88 Å². The number of amides is 1. The Labute approximate surface area is 139 Å². The lowest BCUT2D eigenvalue weighted by Crippen LogP contribution is -2.42. The number of thiophene rings is 1. The number of nitrogens with one attached hydrogen (secondary N) is 1. The Morgan fingerprint density at radius 1 is 1.22 bits per heavy atom. The second kappa shape index (κ2) is 6.97. The van der Waals surface area contributed by atoms with E-state index in [1.165, 1.54) is 6.07 Å². The molecule has 1 aliphatic rings. The minimum Gasteiger partial charge on any atom is -0.344 e. The van der Waals surface area contributed by atoms with E-state index in [0.717, 1.165) is 30.6 Å². The van der Waals surface area contributed by atoms with Crippen LogP contribution >= 0.6 is 11.3 Å². The lowest BCUT2D eigenvalue weighted by molar-refractivity contribution is -0.126. The fraction of sp³-hybridized carbons (Fsp3) is 0.316. The maximum absolute atomic E-state index is 13.5. The monoisotopic (exact) mass is 327 g/mol. The maximum atomic E-state index is 13.5. The van der Waals surface area contributed by atoms with Crippen LogP contribution in [0.25, 0.3) is 0 Å². The van der Waals surface area contributed by atoms with Gasteiger partial charge in [0.15, 0.2) is 0 Å². The molecule has 0 atom stereocenters. The van der Waals surface area contributed by atoms with Gasteiger partial charge in [-0.1, -0.05) is 42.9 Å². The van der Waals surface area contributed by atoms with E-state index in [1.807, 2.05) is 17.5 Å². The molecule has 1 saturated carbocycles. The van der Waals surface area contributed by atoms with Crippen LogP contribution < -0.4 is 5.32 Å². The third-order valence-electron chi connectivity index (χ3n) is 4.32. The van der Waals surface area contributed by atoms with Crippen LogP contribution in [0.1, 0.15) is 36.1 Å². The van der Waals surface area contributed by atoms with Crippen molar-refractivity contribution in [2.24, 2.45) is 0 Å². The largest absolute Gasteiger partial charge is 0.344 e. The van der Waals surface area contributed by atoms with Crippen LogP contribution in [-0.2, 0) is 10.2 Å². The van der Waals surface area contributed by atoms with E-state index >= 15 is 0 Å². The number of carbonyl (C=O) groups is 1. The van der Waals surface area contributed by atoms with Gasteiger partial charge in [0.25, 0.3) is 0 Å². The van der Waals surface area contributed by atoms with Crippen molar-refractivity contribution in [1.82, 2.24) is 5.32 Å². The molecule has 1 aromatic carbocycles. The molecule has 1 aliphatic carbocycles. The topological polar surface area (TPSA) is 29.1 Å². The fourth-order valence-corrected chi connectivity index (χ4v) is 4.09. The maximum Gasteiger partial charge on any atom is 0.232 e. The first-order chi connectivity index (χ1) is 11.2. The molecule has 118 valence electrons. The average Bonchev–Trinajstić information content (AvgIpc) is 3.24. The van der Waals surface area contributed by atoms with Crippen molar-refractivity contribution < 1.29 is 9.18 Å². The highest BCUT2D eigenvalue weighted by Gasteiger charge is 2.43. The van der Waals surface area contributed by atoms with E-state index in [1.54, 1.807) is 29.5 Å². The van der Waals surface area contributed by atoms with E-state index in [-0.39, 0.29) is 18.3 Å². The van der Waals surface area contributed by atoms with Crippen molar-refractivity contribution in [3.05, 3.63) is 58.0 Å². The molecule has 0 radical (unpaired) electrons. The molecule has 2 nitrogen and oxygen atoms in total. The SMILES string of the molecule is O=C(NCC#Cc1ccccc1F)C1(c2cccs2)CCCC1. The number of halogens is 1. The number of carbonyl (C=O) groups excluding carboxylic acids is 1. The van der Waals surface area contributed by atoms with Gasteiger partial charge in [0.1, 0.15) is 5.82 Å². The van der Waals surface area contributed by atoms with Gasteiger partial charge in [0.05, 0.1) is 17.5 Å². The van der Waals surface area contributed by atoms with Crippen LogP contribution in [0.5, 0.6) is 0 Å². The zero-order chi connectivity index (χ0) is 16.1. The van der Waals surface area contributed by atoms with Crippen molar-refractivity contribution in [3.8, 4) is 11.8 Å². The fourth-order valence-electron chi connectivity index (χ4n) is 3.11. The van der Waals surface area contributed by atoms with Crippen LogP contribution in [-0.4, -0.2) is 12.5 Å². The van der Waals surface area contributed by atoms with Crippen molar-refractivity contribution >= 4 is 17.2 Å². The molecule has 1 amide bonds. The number of rotatable bonds is 3. The summed E-state index contributed by atoms with van der Waals surface area (Å²) in [4.78, 5) is 13.8. The van der Waals surface area contributed by atoms with E-state index in [0.29, 0.717) is 5.56 Å². The molecular formula is C19H18FNOS. The Balaban J connectivity index is 1.66. The van der Waals surface area contributed by atoms with Crippen molar-refractivity contribution in [3.63, 3.8) is 0 Å². The summed E-state index contributed by atoms with van der Waals surface area (Å²) >= 11 is 1.64. The Morgan fingerprint density at radius 3 is 2.70 bits per heavy atom. The van der Waals surface area contributed by atoms with Crippen LogP contribution in [0.3, 0.4) is 0 Å². The van der Waals surface area contributed by atoms with Crippen molar-refractivity contribution in [2.75, 3.05) is 6.54 Å². The second-order valence-electron chi connectivity index (χ2n) is 5.73. The molecule has 23 heavy (non-hydrogen) atoms. The molecule has 0 spiro atoms. The van der Waals surface area contributed by atoms with Gasteiger partial charge in [-0.05, 0) is 36.4 Å². The molecule has 3 rings (SSSR count). The Morgan fingerprint density at radius 2 is 2.00 bits per heavy atom. The highest BCUT2D eigenvalue weighted by Crippen LogP contribution is 2.43. The van der Waals surface area contributed by atoms with E-state index in [4.69, 9.17) is 0 Å². The van der Waals surface area contributed by atoms with Crippen LogP contribution in [0, 0.1) is 17.7 Å². The molecule has 0 unspecified atom stereocenters. The first-order valence-corrected chi connectivity index (χ1v) is 8.66. The van der Waals surface area contributed by atoms with Gasteiger partial charge in [0.2, 0.25) is 5.91 Å². The zero-order valence-corrected chi connectivity index (χ0v) is 13.6. The molecular weight excluding hydrogens is 309 g/mol. The molecule has 0 aliphatic heterocycles. The van der Waals surface area contributed by atoms with E-state index < -0.39 is 5.41 Å². The summed E-state index contributed by atoms with van der Waals surface area (Å²) in [5, 5.41) is 4.93. The molecule has 1 N–H and O–H groups in total. The minimum absolute atomic E-state index is 0.0419. The van der Waals surface area contributed by atoms with Crippen LogP contribution in [0.4, 0.5) is 4.39 Å². The van der Waals surface area contributed by atoms with E-state index in [2.05, 4.69) is 17.2 Å². The Bertz CT molecular complexity index is 736. The van der Waals surface area contributed by atoms with Crippen LogP contribution in [0.15, 0.2) is 41.8 Å². The van der Waals surface area contributed by atoms with Gasteiger partial charge in [-0.2, -0.15) is 0 Å². The molecule has 1 aromatic heterocycles. The van der Waals surface area contributed by atoms with Gasteiger partial charge < -0.3 is 5.32 Å². The van der Waals surface area contributed by atoms with Gasteiger partial charge in [-0.3, -0.25) is 4.79 Å². The molecule has 1 heterocycles. The number of benzene rings is 1. The average molecular weight is 327 g/mol. The zero-order valence-electron chi connectivity index (χ0n) is 12.8. The van der Waals surface area contributed by atoms with Gasteiger partial charge in [-0.25, -0.2) is 4.39 Å². The number of hydrogen-bond acceptors (Lipinski definition) is 2. The lowest BCUT2D eigenvalue weighted by Gasteiger charge is -2.26. The summed E-state index contributed by atoms with van der Waals surface area (Å²) in [6.45, 7) is 0.236. The summed E-state index contributed by atoms with van der Waals surface area (Å²) in [5.74, 6) is 5.32. The lowest BCUT2D eigenvalue weighted by atomic mass is 9.83. The molecule has 1 fully saturated rings. The second-order valence-corrected chi connectivity index (χ2v) is 6.68. The molecule has 0 bridgehead atoms. The highest BCUT2D eigenvalue weighted by molar-refractivity contribution is 7.10. The summed E-state index contributed by atoms with van der Waals surface area (Å²) in [7, 11) is 0. The Hall–Kier alpha value is -2.12. The predicted octanol–water partition coefficient (Wildman–Crippen LogP) is 3.87. The summed E-state index contributed by atoms with van der Waals surface area (Å²) < 4.78 is 13.5. The molecule has 4 heteroatoms. The standard InChI is InChI=1S/C19H18FNOS/c20-16-9-2-1-7-15(16)8-5-13-21-18(22)19(11-3-4-12-19)17-10-6-14-23-17/h1-2,6-7,9-10,14H,3-4,11-13H2,(H,21,22). The highest BCUT2D eigenvalue weighted by atomic mass is 32.1. The van der Waals surface area contributed by atoms with Crippen LogP contribution in [0.2, 0.25) is 0 Å². The molecule has 2 aromatic rings. The summed E-state index contributed by atoms with van der Waals surface area (Å²) in [6.07, 6.45) is 3.93. The smallest absolute Gasteiger partial charge is 0.232 e. The predicted molar refractivity (Wildman–Crippen MR) is 90.8 cm³/mol. The first-order valence-electron chi connectivity index (χ1n) is 7.78. The first kappa shape index (κ1) is 15.8. The third-order valence-corrected chi connectivity index (χ3v) is 5.39. The number of hydrogen-bond donors (Lipinski definition) is 1. The van der Waals surface area contributed by atoms with Gasteiger partial charge >= 0.3 is 0 Å².